The Labute approximate surface area is 108 Å². The first-order valence-corrected chi connectivity index (χ1v) is 6.74. The van der Waals surface area contributed by atoms with Crippen molar-refractivity contribution in [2.24, 2.45) is 0 Å². The highest BCUT2D eigenvalue weighted by molar-refractivity contribution is 5.42. The molecule has 1 fully saturated rings. The minimum Gasteiger partial charge on any atom is -0.397 e. The SMILES string of the molecule is Cc1cc(=O)n(CCC2CCCCN2C)cc1N. The normalized spacial score (nSPS) is 21.1. The largest absolute Gasteiger partial charge is 0.397 e. The van der Waals surface area contributed by atoms with Crippen molar-refractivity contribution in [3.63, 3.8) is 0 Å². The molecule has 1 aromatic rings. The maximum Gasteiger partial charge on any atom is 0.250 e. The topological polar surface area (TPSA) is 51.3 Å². The molecule has 0 radical (unpaired) electrons. The third-order valence-electron chi connectivity index (χ3n) is 4.00. The number of likely N-dealkylation sites (tertiary alicyclic amines) is 1. The lowest BCUT2D eigenvalue weighted by Crippen LogP contribution is -2.37. The predicted octanol–water partition coefficient (Wildman–Crippen LogP) is 1.61. The summed E-state index contributed by atoms with van der Waals surface area (Å²) in [5.41, 5.74) is 7.48. The van der Waals surface area contributed by atoms with E-state index >= 15 is 0 Å². The zero-order chi connectivity index (χ0) is 13.1. The highest BCUT2D eigenvalue weighted by atomic mass is 16.1. The van der Waals surface area contributed by atoms with Gasteiger partial charge in [-0.3, -0.25) is 4.79 Å². The average Bonchev–Trinajstić information content (AvgIpc) is 2.34. The number of aromatic nitrogens is 1. The van der Waals surface area contributed by atoms with Crippen molar-refractivity contribution in [1.82, 2.24) is 9.47 Å². The maximum absolute atomic E-state index is 11.8. The van der Waals surface area contributed by atoms with Crippen LogP contribution in [0.4, 0.5) is 5.69 Å². The number of hydrogen-bond acceptors (Lipinski definition) is 3. The second kappa shape index (κ2) is 5.57. The highest BCUT2D eigenvalue weighted by Gasteiger charge is 2.18. The Hall–Kier alpha value is -1.29. The summed E-state index contributed by atoms with van der Waals surface area (Å²) in [5.74, 6) is 0. The molecule has 1 saturated heterocycles. The van der Waals surface area contributed by atoms with Gasteiger partial charge in [-0.05, 0) is 45.3 Å². The van der Waals surface area contributed by atoms with Gasteiger partial charge in [-0.2, -0.15) is 0 Å². The summed E-state index contributed by atoms with van der Waals surface area (Å²) >= 11 is 0. The molecule has 100 valence electrons. The van der Waals surface area contributed by atoms with Gasteiger partial charge in [0.1, 0.15) is 0 Å². The predicted molar refractivity (Wildman–Crippen MR) is 74.7 cm³/mol. The first-order chi connectivity index (χ1) is 8.58. The maximum atomic E-state index is 11.8. The van der Waals surface area contributed by atoms with Gasteiger partial charge in [0.15, 0.2) is 0 Å². The Morgan fingerprint density at radius 3 is 2.94 bits per heavy atom. The van der Waals surface area contributed by atoms with Gasteiger partial charge in [0, 0.05) is 24.8 Å². The van der Waals surface area contributed by atoms with Gasteiger partial charge in [0.05, 0.1) is 5.69 Å². The quantitative estimate of drug-likeness (QED) is 0.885. The molecule has 2 heterocycles. The van der Waals surface area contributed by atoms with E-state index in [1.54, 1.807) is 16.8 Å². The molecule has 1 aliphatic rings. The number of hydrogen-bond donors (Lipinski definition) is 1. The Bertz CT molecular complexity index is 467. The van der Waals surface area contributed by atoms with E-state index in [0.717, 1.165) is 18.5 Å². The lowest BCUT2D eigenvalue weighted by atomic mass is 10.00. The molecule has 2 rings (SSSR count). The monoisotopic (exact) mass is 249 g/mol. The fraction of sp³-hybridized carbons (Fsp3) is 0.643. The second-order valence-corrected chi connectivity index (χ2v) is 5.36. The summed E-state index contributed by atoms with van der Waals surface area (Å²) < 4.78 is 1.74. The lowest BCUT2D eigenvalue weighted by Gasteiger charge is -2.32. The molecular weight excluding hydrogens is 226 g/mol. The van der Waals surface area contributed by atoms with Crippen LogP contribution in [0.2, 0.25) is 0 Å². The third kappa shape index (κ3) is 2.93. The number of aryl methyl sites for hydroxylation is 2. The minimum atomic E-state index is 0.0557. The first-order valence-electron chi connectivity index (χ1n) is 6.74. The van der Waals surface area contributed by atoms with Crippen LogP contribution in [0.15, 0.2) is 17.1 Å². The fourth-order valence-corrected chi connectivity index (χ4v) is 2.66. The van der Waals surface area contributed by atoms with E-state index in [1.165, 1.54) is 25.8 Å². The molecule has 1 aromatic heterocycles. The van der Waals surface area contributed by atoms with Crippen LogP contribution in [-0.2, 0) is 6.54 Å². The number of nitrogens with zero attached hydrogens (tertiary/aromatic N) is 2. The number of piperidine rings is 1. The Morgan fingerprint density at radius 1 is 1.44 bits per heavy atom. The summed E-state index contributed by atoms with van der Waals surface area (Å²) in [6.07, 6.45) is 6.65. The summed E-state index contributed by atoms with van der Waals surface area (Å²) in [7, 11) is 2.18. The second-order valence-electron chi connectivity index (χ2n) is 5.36. The first kappa shape index (κ1) is 13.1. The number of pyridine rings is 1. The van der Waals surface area contributed by atoms with E-state index < -0.39 is 0 Å². The van der Waals surface area contributed by atoms with Gasteiger partial charge in [0.25, 0.3) is 5.56 Å². The summed E-state index contributed by atoms with van der Waals surface area (Å²) in [4.78, 5) is 14.2. The molecule has 1 aliphatic heterocycles. The molecule has 0 spiro atoms. The molecule has 2 N–H and O–H groups in total. The van der Waals surface area contributed by atoms with Crippen LogP contribution in [0.25, 0.3) is 0 Å². The fourth-order valence-electron chi connectivity index (χ4n) is 2.66. The molecule has 0 amide bonds. The molecule has 0 bridgehead atoms. The Kier molecular flexibility index (Phi) is 4.07. The van der Waals surface area contributed by atoms with Crippen molar-refractivity contribution in [3.8, 4) is 0 Å². The summed E-state index contributed by atoms with van der Waals surface area (Å²) in [5, 5.41) is 0. The lowest BCUT2D eigenvalue weighted by molar-refractivity contribution is 0.170. The molecule has 4 nitrogen and oxygen atoms in total. The molecule has 1 atom stereocenters. The molecule has 0 saturated carbocycles. The van der Waals surface area contributed by atoms with Crippen LogP contribution >= 0.6 is 0 Å². The molecule has 0 aliphatic carbocycles. The number of nitrogens with two attached hydrogens (primary N) is 1. The molecule has 18 heavy (non-hydrogen) atoms. The van der Waals surface area contributed by atoms with E-state index in [4.69, 9.17) is 5.73 Å². The third-order valence-corrected chi connectivity index (χ3v) is 4.00. The van der Waals surface area contributed by atoms with Crippen molar-refractivity contribution >= 4 is 5.69 Å². The van der Waals surface area contributed by atoms with Gasteiger partial charge in [-0.1, -0.05) is 6.42 Å². The van der Waals surface area contributed by atoms with E-state index in [2.05, 4.69) is 11.9 Å². The van der Waals surface area contributed by atoms with E-state index in [1.807, 2.05) is 6.92 Å². The molecule has 1 unspecified atom stereocenters. The van der Waals surface area contributed by atoms with Crippen LogP contribution in [0.1, 0.15) is 31.2 Å². The van der Waals surface area contributed by atoms with Gasteiger partial charge in [-0.15, -0.1) is 0 Å². The van der Waals surface area contributed by atoms with Gasteiger partial charge < -0.3 is 15.2 Å². The van der Waals surface area contributed by atoms with Gasteiger partial charge in [-0.25, -0.2) is 0 Å². The van der Waals surface area contributed by atoms with Crippen LogP contribution in [0, 0.1) is 6.92 Å². The van der Waals surface area contributed by atoms with Crippen LogP contribution in [0.5, 0.6) is 0 Å². The van der Waals surface area contributed by atoms with Crippen molar-refractivity contribution in [2.75, 3.05) is 19.3 Å². The Morgan fingerprint density at radius 2 is 2.22 bits per heavy atom. The standard InChI is InChI=1S/C14H23N3O/c1-11-9-14(18)17(10-13(11)15)8-6-12-5-3-4-7-16(12)2/h9-10,12H,3-8,15H2,1-2H3. The van der Waals surface area contributed by atoms with Crippen LogP contribution in [-0.4, -0.2) is 29.1 Å². The van der Waals surface area contributed by atoms with Crippen molar-refractivity contribution in [2.45, 2.75) is 45.2 Å². The minimum absolute atomic E-state index is 0.0557. The molecular formula is C14H23N3O. The average molecular weight is 249 g/mol. The number of nitrogen functional groups attached to an aromatic ring is 1. The van der Waals surface area contributed by atoms with Crippen LogP contribution in [0.3, 0.4) is 0 Å². The smallest absolute Gasteiger partial charge is 0.250 e. The number of anilines is 1. The summed E-state index contributed by atoms with van der Waals surface area (Å²) in [6.45, 7) is 3.81. The highest BCUT2D eigenvalue weighted by Crippen LogP contribution is 2.18. The molecule has 4 heteroatoms. The van der Waals surface area contributed by atoms with Crippen molar-refractivity contribution < 1.29 is 0 Å². The number of rotatable bonds is 3. The van der Waals surface area contributed by atoms with Crippen LogP contribution < -0.4 is 11.3 Å². The zero-order valence-electron chi connectivity index (χ0n) is 11.4. The molecule has 0 aromatic carbocycles. The van der Waals surface area contributed by atoms with E-state index in [0.29, 0.717) is 11.7 Å². The van der Waals surface area contributed by atoms with E-state index in [-0.39, 0.29) is 5.56 Å². The van der Waals surface area contributed by atoms with E-state index in [9.17, 15) is 4.79 Å². The van der Waals surface area contributed by atoms with Crippen molar-refractivity contribution in [1.29, 1.82) is 0 Å². The zero-order valence-corrected chi connectivity index (χ0v) is 11.4. The Balaban J connectivity index is 2.01. The summed E-state index contributed by atoms with van der Waals surface area (Å²) in [6, 6.07) is 2.23. The van der Waals surface area contributed by atoms with Gasteiger partial charge >= 0.3 is 0 Å². The van der Waals surface area contributed by atoms with Crippen molar-refractivity contribution in [3.05, 3.63) is 28.2 Å². The van der Waals surface area contributed by atoms with Gasteiger partial charge in [0.2, 0.25) is 0 Å².